The highest BCUT2D eigenvalue weighted by molar-refractivity contribution is 6.33. The molecule has 1 aliphatic rings. The Morgan fingerprint density at radius 1 is 1.26 bits per heavy atom. The van der Waals surface area contributed by atoms with Crippen molar-refractivity contribution >= 4 is 23.3 Å². The lowest BCUT2D eigenvalue weighted by atomic mass is 10.1. The van der Waals surface area contributed by atoms with Crippen molar-refractivity contribution in [2.45, 2.75) is 18.9 Å². The number of pyridine rings is 1. The maximum Gasteiger partial charge on any atom is 0.322 e. The fraction of sp³-hybridized carbons (Fsp3) is 0.294. The van der Waals surface area contributed by atoms with E-state index in [0.717, 1.165) is 18.6 Å². The van der Waals surface area contributed by atoms with Crippen LogP contribution in [0.15, 0.2) is 48.8 Å². The number of urea groups is 1. The summed E-state index contributed by atoms with van der Waals surface area (Å²) in [5, 5.41) is 3.38. The van der Waals surface area contributed by atoms with Gasteiger partial charge in [0.1, 0.15) is 11.9 Å². The van der Waals surface area contributed by atoms with Gasteiger partial charge < -0.3 is 15.0 Å². The van der Waals surface area contributed by atoms with Crippen molar-refractivity contribution < 1.29 is 9.53 Å². The number of piperidine rings is 1. The highest BCUT2D eigenvalue weighted by Crippen LogP contribution is 2.22. The smallest absolute Gasteiger partial charge is 0.322 e. The molecule has 6 heteroatoms. The predicted octanol–water partition coefficient (Wildman–Crippen LogP) is 3.81. The molecule has 0 saturated carbocycles. The van der Waals surface area contributed by atoms with Gasteiger partial charge in [-0.1, -0.05) is 23.7 Å². The van der Waals surface area contributed by atoms with Gasteiger partial charge in [0, 0.05) is 18.9 Å². The molecule has 1 aromatic heterocycles. The molecule has 1 unspecified atom stereocenters. The Morgan fingerprint density at radius 3 is 2.83 bits per heavy atom. The van der Waals surface area contributed by atoms with Gasteiger partial charge in [-0.3, -0.25) is 4.98 Å². The van der Waals surface area contributed by atoms with Gasteiger partial charge in [-0.05, 0) is 37.1 Å². The number of hydrogen-bond acceptors (Lipinski definition) is 3. The molecule has 3 rings (SSSR count). The number of hydrogen-bond donors (Lipinski definition) is 1. The monoisotopic (exact) mass is 331 g/mol. The van der Waals surface area contributed by atoms with E-state index in [1.807, 2.05) is 24.3 Å². The van der Waals surface area contributed by atoms with Crippen LogP contribution in [0.25, 0.3) is 0 Å². The second kappa shape index (κ2) is 7.33. The van der Waals surface area contributed by atoms with Crippen LogP contribution in [0.5, 0.6) is 5.75 Å². The van der Waals surface area contributed by atoms with Crippen LogP contribution >= 0.6 is 11.6 Å². The van der Waals surface area contributed by atoms with Gasteiger partial charge >= 0.3 is 6.03 Å². The van der Waals surface area contributed by atoms with Crippen LogP contribution in [-0.4, -0.2) is 35.1 Å². The van der Waals surface area contributed by atoms with Crippen LogP contribution in [-0.2, 0) is 0 Å². The summed E-state index contributed by atoms with van der Waals surface area (Å²) in [7, 11) is 0. The maximum absolute atomic E-state index is 12.4. The summed E-state index contributed by atoms with van der Waals surface area (Å²) in [6.07, 6.45) is 5.22. The molecule has 2 amide bonds. The van der Waals surface area contributed by atoms with Crippen molar-refractivity contribution in [1.29, 1.82) is 0 Å². The first-order valence-electron chi connectivity index (χ1n) is 7.59. The molecular weight excluding hydrogens is 314 g/mol. The Bertz CT molecular complexity index is 666. The zero-order valence-corrected chi connectivity index (χ0v) is 13.4. The third-order valence-corrected chi connectivity index (χ3v) is 4.06. The second-order valence-electron chi connectivity index (χ2n) is 5.42. The lowest BCUT2D eigenvalue weighted by Crippen LogP contribution is -2.46. The predicted molar refractivity (Wildman–Crippen MR) is 89.9 cm³/mol. The minimum Gasteiger partial charge on any atom is -0.488 e. The van der Waals surface area contributed by atoms with Gasteiger partial charge in [-0.15, -0.1) is 0 Å². The number of halogens is 1. The van der Waals surface area contributed by atoms with Crippen molar-refractivity contribution in [3.8, 4) is 5.75 Å². The summed E-state index contributed by atoms with van der Waals surface area (Å²) in [6.45, 7) is 1.27. The molecule has 1 aromatic carbocycles. The number of nitrogens with one attached hydrogen (secondary N) is 1. The number of aromatic nitrogens is 1. The number of amides is 2. The molecule has 2 aromatic rings. The molecule has 1 saturated heterocycles. The first-order valence-corrected chi connectivity index (χ1v) is 7.97. The zero-order valence-electron chi connectivity index (χ0n) is 12.6. The molecule has 0 aliphatic carbocycles. The molecule has 0 bridgehead atoms. The van der Waals surface area contributed by atoms with E-state index >= 15 is 0 Å². The van der Waals surface area contributed by atoms with E-state index in [0.29, 0.717) is 23.8 Å². The number of para-hydroxylation sites is 1. The molecule has 0 radical (unpaired) electrons. The van der Waals surface area contributed by atoms with Gasteiger partial charge in [-0.25, -0.2) is 4.79 Å². The largest absolute Gasteiger partial charge is 0.488 e. The lowest BCUT2D eigenvalue weighted by Gasteiger charge is -2.33. The topological polar surface area (TPSA) is 54.5 Å². The zero-order chi connectivity index (χ0) is 16.1. The van der Waals surface area contributed by atoms with E-state index in [9.17, 15) is 4.79 Å². The Hall–Kier alpha value is -2.27. The number of likely N-dealkylation sites (tertiary alicyclic amines) is 1. The number of anilines is 1. The number of rotatable bonds is 3. The van der Waals surface area contributed by atoms with Gasteiger partial charge in [-0.2, -0.15) is 0 Å². The van der Waals surface area contributed by atoms with Crippen LogP contribution in [0.1, 0.15) is 12.8 Å². The van der Waals surface area contributed by atoms with Crippen molar-refractivity contribution in [1.82, 2.24) is 9.88 Å². The first-order chi connectivity index (χ1) is 11.2. The minimum atomic E-state index is -0.152. The number of carbonyl (C=O) groups is 1. The Balaban J connectivity index is 1.59. The third kappa shape index (κ3) is 4.13. The summed E-state index contributed by atoms with van der Waals surface area (Å²) < 4.78 is 5.92. The van der Waals surface area contributed by atoms with E-state index < -0.39 is 0 Å². The molecule has 5 nitrogen and oxygen atoms in total. The van der Waals surface area contributed by atoms with E-state index in [4.69, 9.17) is 16.3 Å². The molecular formula is C17H18ClN3O2. The van der Waals surface area contributed by atoms with Crippen LogP contribution in [0.2, 0.25) is 5.02 Å². The Kier molecular flexibility index (Phi) is 4.98. The average Bonchev–Trinajstić information content (AvgIpc) is 2.58. The highest BCUT2D eigenvalue weighted by Gasteiger charge is 2.25. The summed E-state index contributed by atoms with van der Waals surface area (Å²) in [4.78, 5) is 18.1. The molecule has 1 aliphatic heterocycles. The number of benzene rings is 1. The van der Waals surface area contributed by atoms with E-state index in [-0.39, 0.29) is 12.1 Å². The molecule has 1 atom stereocenters. The van der Waals surface area contributed by atoms with E-state index in [2.05, 4.69) is 10.3 Å². The molecule has 120 valence electrons. The maximum atomic E-state index is 12.4. The number of carbonyl (C=O) groups excluding carboxylic acids is 1. The SMILES string of the molecule is O=C(Nc1ccccc1Cl)N1CCCC(Oc2ccncc2)C1. The summed E-state index contributed by atoms with van der Waals surface area (Å²) in [6, 6.07) is 10.7. The Morgan fingerprint density at radius 2 is 2.04 bits per heavy atom. The fourth-order valence-electron chi connectivity index (χ4n) is 2.58. The standard InChI is InChI=1S/C17H18ClN3O2/c18-15-5-1-2-6-16(15)20-17(22)21-11-3-4-14(12-21)23-13-7-9-19-10-8-13/h1-2,5-10,14H,3-4,11-12H2,(H,20,22). The van der Waals surface area contributed by atoms with Crippen molar-refractivity contribution in [3.63, 3.8) is 0 Å². The molecule has 1 fully saturated rings. The van der Waals surface area contributed by atoms with Crippen molar-refractivity contribution in [2.75, 3.05) is 18.4 Å². The van der Waals surface area contributed by atoms with Gasteiger partial charge in [0.05, 0.1) is 17.3 Å². The van der Waals surface area contributed by atoms with Gasteiger partial charge in [0.25, 0.3) is 0 Å². The third-order valence-electron chi connectivity index (χ3n) is 3.73. The quantitative estimate of drug-likeness (QED) is 0.930. The van der Waals surface area contributed by atoms with Gasteiger partial charge in [0.15, 0.2) is 0 Å². The average molecular weight is 332 g/mol. The van der Waals surface area contributed by atoms with Crippen molar-refractivity contribution in [3.05, 3.63) is 53.8 Å². The van der Waals surface area contributed by atoms with Crippen LogP contribution in [0.4, 0.5) is 10.5 Å². The molecule has 1 N–H and O–H groups in total. The molecule has 2 heterocycles. The summed E-state index contributed by atoms with van der Waals surface area (Å²) in [5.41, 5.74) is 0.622. The highest BCUT2D eigenvalue weighted by atomic mass is 35.5. The minimum absolute atomic E-state index is 0.0110. The first kappa shape index (κ1) is 15.6. The normalized spacial score (nSPS) is 17.6. The second-order valence-corrected chi connectivity index (χ2v) is 5.83. The van der Waals surface area contributed by atoms with Crippen LogP contribution < -0.4 is 10.1 Å². The molecule has 23 heavy (non-hydrogen) atoms. The van der Waals surface area contributed by atoms with E-state index in [1.165, 1.54) is 0 Å². The van der Waals surface area contributed by atoms with E-state index in [1.54, 1.807) is 29.4 Å². The number of ether oxygens (including phenoxy) is 1. The Labute approximate surface area is 140 Å². The molecule has 0 spiro atoms. The van der Waals surface area contributed by atoms with Gasteiger partial charge in [0.2, 0.25) is 0 Å². The van der Waals surface area contributed by atoms with Crippen LogP contribution in [0.3, 0.4) is 0 Å². The van der Waals surface area contributed by atoms with Crippen LogP contribution in [0, 0.1) is 0 Å². The number of nitrogens with zero attached hydrogens (tertiary/aromatic N) is 2. The fourth-order valence-corrected chi connectivity index (χ4v) is 2.77. The summed E-state index contributed by atoms with van der Waals surface area (Å²) in [5.74, 6) is 0.776. The van der Waals surface area contributed by atoms with Crippen molar-refractivity contribution in [2.24, 2.45) is 0 Å². The lowest BCUT2D eigenvalue weighted by molar-refractivity contribution is 0.106. The summed E-state index contributed by atoms with van der Waals surface area (Å²) >= 11 is 6.08.